The Morgan fingerprint density at radius 1 is 1.56 bits per heavy atom. The van der Waals surface area contributed by atoms with Crippen LogP contribution in [-0.2, 0) is 0 Å². The lowest BCUT2D eigenvalue weighted by molar-refractivity contribution is -1.63. The molecule has 0 bridgehead atoms. The predicted molar refractivity (Wildman–Crippen MR) is 26.2 cm³/mol. The molecule has 0 aromatic heterocycles. The Morgan fingerprint density at radius 3 is 1.89 bits per heavy atom. The van der Waals surface area contributed by atoms with Crippen molar-refractivity contribution in [2.45, 2.75) is 19.8 Å². The molecule has 0 aromatic carbocycles. The highest BCUT2D eigenvalue weighted by atomic mass is 35.6. The van der Waals surface area contributed by atoms with Crippen molar-refractivity contribution in [3.63, 3.8) is 0 Å². The van der Waals surface area contributed by atoms with Crippen LogP contribution in [0.3, 0.4) is 0 Å². The highest BCUT2D eigenvalue weighted by molar-refractivity contribution is 4.29. The van der Waals surface area contributed by atoms with Crippen molar-refractivity contribution in [3.05, 3.63) is 0 Å². The van der Waals surface area contributed by atoms with Gasteiger partial charge in [0, 0.05) is 4.66 Å². The Hall–Kier alpha value is 0.130. The van der Waals surface area contributed by atoms with Crippen molar-refractivity contribution >= 4 is 0 Å². The van der Waals surface area contributed by atoms with Crippen molar-refractivity contribution < 1.29 is 24.8 Å². The molecule has 0 amide bonds. The van der Waals surface area contributed by atoms with E-state index in [9.17, 15) is 0 Å². The summed E-state index contributed by atoms with van der Waals surface area (Å²) in [6.07, 6.45) is 2.39. The van der Waals surface area contributed by atoms with E-state index in [4.69, 9.17) is 19.7 Å². The van der Waals surface area contributed by atoms with Gasteiger partial charge in [0.25, 0.3) is 10.8 Å². The maximum absolute atomic E-state index is 8.52. The molecule has 0 aliphatic rings. The molecule has 0 atom stereocenters. The summed E-state index contributed by atoms with van der Waals surface area (Å²) in [7, 11) is -2.60. The number of unbranched alkanes of at least 4 members (excludes halogenated alkanes) is 1. The molecular formula is C4H12ClNO3. The topological polar surface area (TPSA) is 92.4 Å². The van der Waals surface area contributed by atoms with Crippen LogP contribution in [0.2, 0.25) is 0 Å². The Labute approximate surface area is 57.7 Å². The van der Waals surface area contributed by atoms with Gasteiger partial charge in [-0.05, 0) is 13.0 Å². The minimum atomic E-state index is -2.60. The fourth-order valence-electron chi connectivity index (χ4n) is 0.204. The van der Waals surface area contributed by atoms with Crippen LogP contribution in [0.5, 0.6) is 0 Å². The largest absolute Gasteiger partial charge is 0.330 e. The van der Waals surface area contributed by atoms with Crippen molar-refractivity contribution in [1.29, 1.82) is 0 Å². The molecule has 0 radical (unpaired) electrons. The van der Waals surface area contributed by atoms with Gasteiger partial charge in [0.1, 0.15) is 0 Å². The van der Waals surface area contributed by atoms with Crippen LogP contribution in [-0.4, -0.2) is 11.2 Å². The molecule has 0 saturated heterocycles. The first-order valence-electron chi connectivity index (χ1n) is 2.59. The summed E-state index contributed by atoms with van der Waals surface area (Å²) in [6, 6.07) is 0. The van der Waals surface area contributed by atoms with Crippen LogP contribution in [0.1, 0.15) is 19.8 Å². The minimum absolute atomic E-state index is 0.844. The Balaban J connectivity index is 0. The van der Waals surface area contributed by atoms with Gasteiger partial charge in [-0.2, -0.15) is 0 Å². The van der Waals surface area contributed by atoms with Gasteiger partial charge in [-0.25, -0.2) is 0 Å². The lowest BCUT2D eigenvalue weighted by Crippen LogP contribution is -2.30. The first-order valence-corrected chi connectivity index (χ1v) is 3.55. The molecule has 0 aliphatic heterocycles. The maximum Gasteiger partial charge on any atom is 0.282 e. The van der Waals surface area contributed by atoms with E-state index in [1.807, 2.05) is 0 Å². The quantitative estimate of drug-likeness (QED) is 0.476. The molecule has 0 rings (SSSR count). The van der Waals surface area contributed by atoms with E-state index in [0.717, 1.165) is 6.54 Å². The molecule has 0 aliphatic carbocycles. The minimum Gasteiger partial charge on any atom is -0.330 e. The van der Waals surface area contributed by atoms with Crippen LogP contribution in [0, 0.1) is 10.8 Å². The Morgan fingerprint density at radius 2 is 1.89 bits per heavy atom. The van der Waals surface area contributed by atoms with Gasteiger partial charge in [0.15, 0.2) is 0 Å². The molecular weight excluding hydrogens is 146 g/mol. The second-order valence-electron chi connectivity index (χ2n) is 1.34. The Kier molecular flexibility index (Phi) is 14.5. The van der Waals surface area contributed by atoms with Crippen LogP contribution < -0.4 is 15.1 Å². The standard InChI is InChI=1S/C4H11N.ClHO3/c1-2-3-4-5;2-1(3)4/h2-5H2,1H3;2H. The molecule has 3 N–H and O–H groups in total. The van der Waals surface area contributed by atoms with E-state index in [1.165, 1.54) is 12.8 Å². The van der Waals surface area contributed by atoms with E-state index in [0.29, 0.717) is 0 Å². The summed E-state index contributed by atoms with van der Waals surface area (Å²) in [5.41, 5.74) is 5.14. The summed E-state index contributed by atoms with van der Waals surface area (Å²) in [4.78, 5) is 0. The fraction of sp³-hybridized carbons (Fsp3) is 1.00. The lowest BCUT2D eigenvalue weighted by atomic mass is 10.3. The second-order valence-corrected chi connectivity index (χ2v) is 1.75. The third kappa shape index (κ3) is 67.3. The van der Waals surface area contributed by atoms with Gasteiger partial charge in [0.2, 0.25) is 0 Å². The van der Waals surface area contributed by atoms with E-state index >= 15 is 0 Å². The Bertz CT molecular complexity index is 40.0. The second kappa shape index (κ2) is 11.0. The molecule has 0 aromatic rings. The van der Waals surface area contributed by atoms with Crippen LogP contribution in [0.15, 0.2) is 0 Å². The highest BCUT2D eigenvalue weighted by Crippen LogP contribution is 1.77. The van der Waals surface area contributed by atoms with Gasteiger partial charge >= 0.3 is 0 Å². The molecule has 0 heterocycles. The molecule has 0 fully saturated rings. The summed E-state index contributed by atoms with van der Waals surface area (Å²) in [5, 5.41) is 0. The van der Waals surface area contributed by atoms with E-state index < -0.39 is 10.8 Å². The van der Waals surface area contributed by atoms with Gasteiger partial charge in [-0.1, -0.05) is 13.3 Å². The SMILES string of the molecule is CCCCN.[O-][Cl+2]([O-])O. The summed E-state index contributed by atoms with van der Waals surface area (Å²) in [5.74, 6) is 0. The molecule has 5 heteroatoms. The van der Waals surface area contributed by atoms with Crippen molar-refractivity contribution in [1.82, 2.24) is 0 Å². The summed E-state index contributed by atoms with van der Waals surface area (Å²) >= 11 is 0. The zero-order chi connectivity index (χ0) is 7.70. The van der Waals surface area contributed by atoms with Crippen molar-refractivity contribution in [3.8, 4) is 0 Å². The molecule has 58 valence electrons. The number of hydrogen-bond donors (Lipinski definition) is 2. The van der Waals surface area contributed by atoms with Crippen LogP contribution in [0.4, 0.5) is 0 Å². The monoisotopic (exact) mass is 157 g/mol. The highest BCUT2D eigenvalue weighted by Gasteiger charge is 1.79. The normalized spacial score (nSPS) is 8.67. The van der Waals surface area contributed by atoms with Gasteiger partial charge in [-0.3, -0.25) is 0 Å². The third-order valence-corrected chi connectivity index (χ3v) is 0.558. The van der Waals surface area contributed by atoms with E-state index in [-0.39, 0.29) is 0 Å². The van der Waals surface area contributed by atoms with Gasteiger partial charge < -0.3 is 15.1 Å². The zero-order valence-electron chi connectivity index (χ0n) is 5.34. The smallest absolute Gasteiger partial charge is 0.282 e. The average molecular weight is 158 g/mol. The number of hydrogen-bond acceptors (Lipinski definition) is 4. The predicted octanol–water partition coefficient (Wildman–Crippen LogP) is -2.19. The first-order chi connectivity index (χ1) is 4.15. The zero-order valence-corrected chi connectivity index (χ0v) is 6.10. The molecule has 9 heavy (non-hydrogen) atoms. The molecule has 4 nitrogen and oxygen atoms in total. The van der Waals surface area contributed by atoms with Gasteiger partial charge in [0.05, 0.1) is 0 Å². The number of rotatable bonds is 2. The molecule has 0 unspecified atom stereocenters. The molecule has 0 saturated carbocycles. The van der Waals surface area contributed by atoms with Crippen LogP contribution >= 0.6 is 0 Å². The maximum atomic E-state index is 8.52. The van der Waals surface area contributed by atoms with Gasteiger partial charge in [-0.15, -0.1) is 0 Å². The fourth-order valence-corrected chi connectivity index (χ4v) is 0.204. The third-order valence-electron chi connectivity index (χ3n) is 0.558. The number of nitrogens with two attached hydrogens (primary N) is 1. The number of halogens is 1. The summed E-state index contributed by atoms with van der Waals surface area (Å²) < 4.78 is 24.0. The van der Waals surface area contributed by atoms with Crippen molar-refractivity contribution in [2.75, 3.05) is 6.54 Å². The lowest BCUT2D eigenvalue weighted by Gasteiger charge is -1.80. The average Bonchev–Trinajstić information content (AvgIpc) is 1.66. The van der Waals surface area contributed by atoms with E-state index in [2.05, 4.69) is 6.92 Å². The first kappa shape index (κ1) is 11.9. The van der Waals surface area contributed by atoms with Crippen LogP contribution in [0.25, 0.3) is 0 Å². The van der Waals surface area contributed by atoms with Crippen molar-refractivity contribution in [2.24, 2.45) is 5.73 Å². The molecule has 0 spiro atoms. The van der Waals surface area contributed by atoms with E-state index in [1.54, 1.807) is 0 Å². The summed E-state index contributed by atoms with van der Waals surface area (Å²) in [6.45, 7) is 2.98.